The molecule has 0 aliphatic carbocycles. The van der Waals surface area contributed by atoms with Gasteiger partial charge in [0, 0.05) is 13.2 Å². The van der Waals surface area contributed by atoms with E-state index in [1.165, 1.54) is 0 Å². The summed E-state index contributed by atoms with van der Waals surface area (Å²) in [6.07, 6.45) is 2.17. The van der Waals surface area contributed by atoms with Gasteiger partial charge in [-0.15, -0.1) is 0 Å². The van der Waals surface area contributed by atoms with Crippen molar-refractivity contribution in [3.05, 3.63) is 0 Å². The summed E-state index contributed by atoms with van der Waals surface area (Å²) < 4.78 is 10.3. The van der Waals surface area contributed by atoms with Crippen LogP contribution < -0.4 is 0 Å². The molecule has 0 N–H and O–H groups in total. The molecule has 0 rings (SSSR count). The zero-order valence-electron chi connectivity index (χ0n) is 6.22. The lowest BCUT2D eigenvalue weighted by Gasteiger charge is -1.99. The third-order valence-corrected chi connectivity index (χ3v) is 1.52. The molecule has 0 aromatic heterocycles. The van der Waals surface area contributed by atoms with Crippen molar-refractivity contribution in [1.29, 1.82) is 0 Å². The molecule has 9 heavy (non-hydrogen) atoms. The predicted molar refractivity (Wildman–Crippen MR) is 39.6 cm³/mol. The first-order chi connectivity index (χ1) is 4.41. The molecule has 0 aliphatic rings. The molecule has 0 heterocycles. The van der Waals surface area contributed by atoms with Crippen LogP contribution in [0.15, 0.2) is 0 Å². The first-order valence-corrected chi connectivity index (χ1v) is 4.41. The minimum Gasteiger partial charge on any atom is -0.396 e. The molecular weight excluding hydrogens is 132 g/mol. The largest absolute Gasteiger partial charge is 0.396 e. The van der Waals surface area contributed by atoms with Crippen LogP contribution in [0.5, 0.6) is 0 Å². The Hall–Kier alpha value is 0.137. The minimum absolute atomic E-state index is 0.182. The Morgan fingerprint density at radius 2 is 1.44 bits per heavy atom. The summed E-state index contributed by atoms with van der Waals surface area (Å²) in [5.41, 5.74) is 0. The van der Waals surface area contributed by atoms with Crippen molar-refractivity contribution >= 4 is 10.0 Å². The highest BCUT2D eigenvalue weighted by atomic mass is 28.3. The molecular formula is C6H15O2Si. The number of rotatable bonds is 6. The Bertz CT molecular complexity index is 44.3. The smallest absolute Gasteiger partial charge is 0.364 e. The van der Waals surface area contributed by atoms with Gasteiger partial charge in [-0.05, 0) is 12.8 Å². The van der Waals surface area contributed by atoms with E-state index in [-0.39, 0.29) is 10.0 Å². The molecule has 1 radical (unpaired) electrons. The molecule has 0 spiro atoms. The van der Waals surface area contributed by atoms with Crippen LogP contribution in [-0.4, -0.2) is 23.2 Å². The van der Waals surface area contributed by atoms with Crippen LogP contribution in [-0.2, 0) is 8.85 Å². The summed E-state index contributed by atoms with van der Waals surface area (Å²) in [7, 11) is -0.182. The van der Waals surface area contributed by atoms with E-state index in [0.717, 1.165) is 26.1 Å². The van der Waals surface area contributed by atoms with E-state index in [4.69, 9.17) is 8.85 Å². The average Bonchev–Trinajstić information content (AvgIpc) is 1.89. The standard InChI is InChI=1S/C6H15O2Si/c1-3-5-7-9-8-6-4-2/h9H,3-6H2,1-2H3. The van der Waals surface area contributed by atoms with Crippen LogP contribution in [0.4, 0.5) is 0 Å². The van der Waals surface area contributed by atoms with Gasteiger partial charge in [0.05, 0.1) is 0 Å². The van der Waals surface area contributed by atoms with Gasteiger partial charge < -0.3 is 8.85 Å². The molecule has 0 atom stereocenters. The van der Waals surface area contributed by atoms with Crippen molar-refractivity contribution in [2.45, 2.75) is 26.7 Å². The van der Waals surface area contributed by atoms with E-state index in [1.54, 1.807) is 0 Å². The van der Waals surface area contributed by atoms with Gasteiger partial charge in [0.25, 0.3) is 0 Å². The highest BCUT2D eigenvalue weighted by molar-refractivity contribution is 6.17. The highest BCUT2D eigenvalue weighted by Gasteiger charge is 1.86. The van der Waals surface area contributed by atoms with E-state index >= 15 is 0 Å². The van der Waals surface area contributed by atoms with Crippen LogP contribution in [0.25, 0.3) is 0 Å². The molecule has 2 nitrogen and oxygen atoms in total. The van der Waals surface area contributed by atoms with Gasteiger partial charge in [0.2, 0.25) is 0 Å². The molecule has 0 unspecified atom stereocenters. The van der Waals surface area contributed by atoms with Gasteiger partial charge in [-0.3, -0.25) is 0 Å². The van der Waals surface area contributed by atoms with Crippen LogP contribution in [0.2, 0.25) is 0 Å². The van der Waals surface area contributed by atoms with Gasteiger partial charge in [0.15, 0.2) is 0 Å². The predicted octanol–water partition coefficient (Wildman–Crippen LogP) is 1.11. The molecule has 3 heteroatoms. The van der Waals surface area contributed by atoms with Crippen LogP contribution in [0, 0.1) is 0 Å². The summed E-state index contributed by atoms with van der Waals surface area (Å²) in [4.78, 5) is 0. The quantitative estimate of drug-likeness (QED) is 0.414. The van der Waals surface area contributed by atoms with E-state index in [0.29, 0.717) is 0 Å². The lowest BCUT2D eigenvalue weighted by molar-refractivity contribution is 0.222. The second-order valence-electron chi connectivity index (χ2n) is 1.84. The molecule has 0 saturated carbocycles. The summed E-state index contributed by atoms with van der Waals surface area (Å²) in [5, 5.41) is 0. The fourth-order valence-corrected chi connectivity index (χ4v) is 1.14. The van der Waals surface area contributed by atoms with Crippen LogP contribution >= 0.6 is 0 Å². The molecule has 0 aromatic carbocycles. The second kappa shape index (κ2) is 8.14. The third-order valence-electron chi connectivity index (χ3n) is 0.780. The molecule has 0 aromatic rings. The molecule has 0 fully saturated rings. The summed E-state index contributed by atoms with van der Waals surface area (Å²) in [6, 6.07) is 0. The third kappa shape index (κ3) is 8.14. The topological polar surface area (TPSA) is 18.5 Å². The van der Waals surface area contributed by atoms with Gasteiger partial charge in [0.1, 0.15) is 0 Å². The molecule has 0 saturated heterocycles. The van der Waals surface area contributed by atoms with Gasteiger partial charge >= 0.3 is 10.0 Å². The van der Waals surface area contributed by atoms with Gasteiger partial charge in [-0.25, -0.2) is 0 Å². The molecule has 0 aliphatic heterocycles. The number of hydrogen-bond donors (Lipinski definition) is 0. The summed E-state index contributed by atoms with van der Waals surface area (Å²) in [5.74, 6) is 0. The van der Waals surface area contributed by atoms with Gasteiger partial charge in [-0.1, -0.05) is 13.8 Å². The van der Waals surface area contributed by atoms with E-state index in [9.17, 15) is 0 Å². The Morgan fingerprint density at radius 3 is 1.78 bits per heavy atom. The Balaban J connectivity index is 2.60. The molecule has 0 amide bonds. The van der Waals surface area contributed by atoms with E-state index < -0.39 is 0 Å². The first kappa shape index (κ1) is 9.14. The normalized spacial score (nSPS) is 10.0. The van der Waals surface area contributed by atoms with Crippen LogP contribution in [0.1, 0.15) is 26.7 Å². The number of hydrogen-bond acceptors (Lipinski definition) is 2. The SMILES string of the molecule is CCCO[SiH]OCCC. The molecule has 55 valence electrons. The fourth-order valence-electron chi connectivity index (χ4n) is 0.380. The summed E-state index contributed by atoms with van der Waals surface area (Å²) in [6.45, 7) is 5.89. The highest BCUT2D eigenvalue weighted by Crippen LogP contribution is 1.81. The minimum atomic E-state index is -0.182. The van der Waals surface area contributed by atoms with Crippen molar-refractivity contribution in [2.24, 2.45) is 0 Å². The first-order valence-electron chi connectivity index (χ1n) is 3.46. The maximum Gasteiger partial charge on any atom is 0.364 e. The monoisotopic (exact) mass is 147 g/mol. The zero-order valence-corrected chi connectivity index (χ0v) is 7.38. The Morgan fingerprint density at radius 1 is 1.00 bits per heavy atom. The van der Waals surface area contributed by atoms with Crippen molar-refractivity contribution in [1.82, 2.24) is 0 Å². The van der Waals surface area contributed by atoms with Crippen molar-refractivity contribution in [3.63, 3.8) is 0 Å². The van der Waals surface area contributed by atoms with Crippen LogP contribution in [0.3, 0.4) is 0 Å². The maximum absolute atomic E-state index is 5.15. The lowest BCUT2D eigenvalue weighted by Crippen LogP contribution is -2.05. The zero-order chi connectivity index (χ0) is 6.95. The Kier molecular flexibility index (Phi) is 8.26. The fraction of sp³-hybridized carbons (Fsp3) is 1.00. The van der Waals surface area contributed by atoms with Crippen molar-refractivity contribution in [3.8, 4) is 0 Å². The summed E-state index contributed by atoms with van der Waals surface area (Å²) >= 11 is 0. The lowest BCUT2D eigenvalue weighted by atomic mass is 10.5. The second-order valence-corrected chi connectivity index (χ2v) is 2.70. The van der Waals surface area contributed by atoms with Crippen molar-refractivity contribution < 1.29 is 8.85 Å². The van der Waals surface area contributed by atoms with Gasteiger partial charge in [-0.2, -0.15) is 0 Å². The van der Waals surface area contributed by atoms with E-state index in [1.807, 2.05) is 0 Å². The maximum atomic E-state index is 5.15. The van der Waals surface area contributed by atoms with Crippen molar-refractivity contribution in [2.75, 3.05) is 13.2 Å². The Labute approximate surface area is 59.6 Å². The molecule has 0 bridgehead atoms. The van der Waals surface area contributed by atoms with E-state index in [2.05, 4.69) is 13.8 Å². The average molecular weight is 147 g/mol.